The van der Waals surface area contributed by atoms with Crippen LogP contribution in [0.5, 0.6) is 5.75 Å². The van der Waals surface area contributed by atoms with Crippen molar-refractivity contribution in [3.05, 3.63) is 42.5 Å². The summed E-state index contributed by atoms with van der Waals surface area (Å²) in [6.45, 7) is 4.95. The van der Waals surface area contributed by atoms with E-state index in [2.05, 4.69) is 18.4 Å². The molecule has 0 radical (unpaired) electrons. The first-order valence-electron chi connectivity index (χ1n) is 6.14. The van der Waals surface area contributed by atoms with Crippen LogP contribution in [0.3, 0.4) is 0 Å². The molecule has 0 N–H and O–H groups in total. The summed E-state index contributed by atoms with van der Waals surface area (Å²) in [5.74, 6) is 7.40. The zero-order chi connectivity index (χ0) is 12.8. The van der Waals surface area contributed by atoms with Crippen molar-refractivity contribution in [2.45, 2.75) is 12.8 Å². The van der Waals surface area contributed by atoms with Crippen LogP contribution in [0.25, 0.3) is 0 Å². The predicted octanol–water partition coefficient (Wildman–Crippen LogP) is 3.03. The van der Waals surface area contributed by atoms with E-state index in [9.17, 15) is 0 Å². The summed E-state index contributed by atoms with van der Waals surface area (Å²) in [4.78, 5) is 0. The molecule has 0 amide bonds. The maximum absolute atomic E-state index is 5.49. The van der Waals surface area contributed by atoms with Gasteiger partial charge < -0.3 is 9.47 Å². The van der Waals surface area contributed by atoms with Crippen LogP contribution < -0.4 is 4.74 Å². The highest BCUT2D eigenvalue weighted by Gasteiger charge is 2.41. The van der Waals surface area contributed by atoms with Crippen LogP contribution in [0.1, 0.15) is 18.4 Å². The molecular weight excluding hydrogens is 224 g/mol. The van der Waals surface area contributed by atoms with Gasteiger partial charge in [-0.1, -0.05) is 17.9 Å². The van der Waals surface area contributed by atoms with Gasteiger partial charge in [-0.25, -0.2) is 0 Å². The number of hydrogen-bond acceptors (Lipinski definition) is 2. The molecule has 0 aliphatic heterocycles. The van der Waals surface area contributed by atoms with E-state index >= 15 is 0 Å². The van der Waals surface area contributed by atoms with Gasteiger partial charge in [0.25, 0.3) is 0 Å². The average Bonchev–Trinajstić information content (AvgIpc) is 3.18. The standard InChI is InChI=1S/C16H18O2/c1-3-12-18-13-16(10-11-16)9-8-14-4-6-15(17-2)7-5-14/h3-7H,1,10-13H2,2H3. The normalized spacial score (nSPS) is 15.4. The van der Waals surface area contributed by atoms with E-state index in [4.69, 9.17) is 9.47 Å². The average molecular weight is 242 g/mol. The molecule has 0 heterocycles. The Hall–Kier alpha value is -1.72. The molecule has 1 aromatic carbocycles. The molecule has 2 nitrogen and oxygen atoms in total. The van der Waals surface area contributed by atoms with Crippen molar-refractivity contribution in [1.82, 2.24) is 0 Å². The maximum Gasteiger partial charge on any atom is 0.118 e. The Kier molecular flexibility index (Phi) is 4.07. The molecule has 0 atom stereocenters. The Balaban J connectivity index is 1.95. The highest BCUT2D eigenvalue weighted by Crippen LogP contribution is 2.45. The van der Waals surface area contributed by atoms with Gasteiger partial charge in [-0.05, 0) is 37.1 Å². The summed E-state index contributed by atoms with van der Waals surface area (Å²) < 4.78 is 10.6. The number of hydrogen-bond donors (Lipinski definition) is 0. The van der Waals surface area contributed by atoms with E-state index in [1.807, 2.05) is 24.3 Å². The molecule has 2 rings (SSSR count). The van der Waals surface area contributed by atoms with Crippen molar-refractivity contribution in [3.63, 3.8) is 0 Å². The number of ether oxygens (including phenoxy) is 2. The fourth-order valence-corrected chi connectivity index (χ4v) is 1.67. The third kappa shape index (κ3) is 3.38. The van der Waals surface area contributed by atoms with Crippen LogP contribution in [-0.4, -0.2) is 20.3 Å². The van der Waals surface area contributed by atoms with Gasteiger partial charge in [0.15, 0.2) is 0 Å². The second kappa shape index (κ2) is 5.75. The molecule has 2 heteroatoms. The molecule has 0 aromatic heterocycles. The second-order valence-electron chi connectivity index (χ2n) is 4.56. The predicted molar refractivity (Wildman–Crippen MR) is 72.6 cm³/mol. The van der Waals surface area contributed by atoms with Gasteiger partial charge in [-0.2, -0.15) is 0 Å². The van der Waals surface area contributed by atoms with E-state index in [0.717, 1.165) is 24.2 Å². The van der Waals surface area contributed by atoms with Crippen LogP contribution in [0.15, 0.2) is 36.9 Å². The first-order valence-corrected chi connectivity index (χ1v) is 6.14. The molecule has 94 valence electrons. The van der Waals surface area contributed by atoms with Crippen molar-refractivity contribution < 1.29 is 9.47 Å². The van der Waals surface area contributed by atoms with Crippen molar-refractivity contribution in [1.29, 1.82) is 0 Å². The molecule has 1 aliphatic carbocycles. The molecule has 0 bridgehead atoms. The lowest BCUT2D eigenvalue weighted by Crippen LogP contribution is -2.08. The fraction of sp³-hybridized carbons (Fsp3) is 0.375. The van der Waals surface area contributed by atoms with Crippen LogP contribution in [0, 0.1) is 17.3 Å². The molecule has 18 heavy (non-hydrogen) atoms. The second-order valence-corrected chi connectivity index (χ2v) is 4.56. The van der Waals surface area contributed by atoms with Crippen molar-refractivity contribution in [2.24, 2.45) is 5.41 Å². The Morgan fingerprint density at radius 3 is 2.61 bits per heavy atom. The highest BCUT2D eigenvalue weighted by atomic mass is 16.5. The van der Waals surface area contributed by atoms with Crippen LogP contribution in [0.2, 0.25) is 0 Å². The van der Waals surface area contributed by atoms with E-state index in [1.165, 1.54) is 0 Å². The highest BCUT2D eigenvalue weighted by molar-refractivity contribution is 5.40. The smallest absolute Gasteiger partial charge is 0.118 e. The van der Waals surface area contributed by atoms with E-state index < -0.39 is 0 Å². The van der Waals surface area contributed by atoms with Gasteiger partial charge in [0.05, 0.1) is 25.7 Å². The Morgan fingerprint density at radius 1 is 1.33 bits per heavy atom. The third-order valence-electron chi connectivity index (χ3n) is 3.03. The van der Waals surface area contributed by atoms with Gasteiger partial charge in [0.1, 0.15) is 5.75 Å². The summed E-state index contributed by atoms with van der Waals surface area (Å²) in [5, 5.41) is 0. The fourth-order valence-electron chi connectivity index (χ4n) is 1.67. The number of benzene rings is 1. The SMILES string of the molecule is C=CCOCC1(C#Cc2ccc(OC)cc2)CC1. The minimum absolute atomic E-state index is 0.0862. The van der Waals surface area contributed by atoms with Crippen LogP contribution in [-0.2, 0) is 4.74 Å². The molecular formula is C16H18O2. The van der Waals surface area contributed by atoms with Crippen molar-refractivity contribution in [3.8, 4) is 17.6 Å². The Bertz CT molecular complexity index is 458. The van der Waals surface area contributed by atoms with Crippen LogP contribution >= 0.6 is 0 Å². The van der Waals surface area contributed by atoms with Gasteiger partial charge in [-0.15, -0.1) is 6.58 Å². The molecule has 0 saturated heterocycles. The lowest BCUT2D eigenvalue weighted by molar-refractivity contribution is 0.133. The lowest BCUT2D eigenvalue weighted by Gasteiger charge is -2.06. The van der Waals surface area contributed by atoms with Crippen molar-refractivity contribution in [2.75, 3.05) is 20.3 Å². The van der Waals surface area contributed by atoms with E-state index in [-0.39, 0.29) is 5.41 Å². The van der Waals surface area contributed by atoms with Crippen molar-refractivity contribution >= 4 is 0 Å². The molecule has 0 spiro atoms. The summed E-state index contributed by atoms with van der Waals surface area (Å²) in [6.07, 6.45) is 4.04. The molecule has 1 fully saturated rings. The molecule has 1 saturated carbocycles. The van der Waals surface area contributed by atoms with Crippen LogP contribution in [0.4, 0.5) is 0 Å². The minimum atomic E-state index is 0.0862. The monoisotopic (exact) mass is 242 g/mol. The van der Waals surface area contributed by atoms with Gasteiger partial charge >= 0.3 is 0 Å². The summed E-state index contributed by atoms with van der Waals surface area (Å²) in [7, 11) is 1.66. The summed E-state index contributed by atoms with van der Waals surface area (Å²) >= 11 is 0. The van der Waals surface area contributed by atoms with Gasteiger partial charge in [0.2, 0.25) is 0 Å². The number of rotatable bonds is 5. The molecule has 0 unspecified atom stereocenters. The summed E-state index contributed by atoms with van der Waals surface area (Å²) in [6, 6.07) is 7.81. The Labute approximate surface area is 109 Å². The quantitative estimate of drug-likeness (QED) is 0.449. The minimum Gasteiger partial charge on any atom is -0.497 e. The molecule has 1 aromatic rings. The van der Waals surface area contributed by atoms with Gasteiger partial charge in [-0.3, -0.25) is 0 Å². The third-order valence-corrected chi connectivity index (χ3v) is 3.03. The van der Waals surface area contributed by atoms with E-state index in [0.29, 0.717) is 13.2 Å². The Morgan fingerprint density at radius 2 is 2.06 bits per heavy atom. The largest absolute Gasteiger partial charge is 0.497 e. The lowest BCUT2D eigenvalue weighted by atomic mass is 10.1. The van der Waals surface area contributed by atoms with E-state index in [1.54, 1.807) is 13.2 Å². The first kappa shape index (κ1) is 12.7. The zero-order valence-electron chi connectivity index (χ0n) is 10.7. The maximum atomic E-state index is 5.49. The molecule has 1 aliphatic rings. The first-order chi connectivity index (χ1) is 8.78. The zero-order valence-corrected chi connectivity index (χ0v) is 10.7. The van der Waals surface area contributed by atoms with Gasteiger partial charge in [0, 0.05) is 5.56 Å². The summed E-state index contributed by atoms with van der Waals surface area (Å²) in [5.41, 5.74) is 1.11. The topological polar surface area (TPSA) is 18.5 Å². The number of methoxy groups -OCH3 is 1.